The van der Waals surface area contributed by atoms with E-state index in [-0.39, 0.29) is 19.3 Å². The lowest BCUT2D eigenvalue weighted by Gasteiger charge is -1.99. The van der Waals surface area contributed by atoms with Crippen LogP contribution in [0.3, 0.4) is 0 Å². The smallest absolute Gasteiger partial charge is 0.248 e. The minimum Gasteiger partial charge on any atom is -0.328 e. The van der Waals surface area contributed by atoms with Crippen molar-refractivity contribution in [3.63, 3.8) is 0 Å². The zero-order chi connectivity index (χ0) is 6.11. The van der Waals surface area contributed by atoms with Gasteiger partial charge in [-0.05, 0) is 6.42 Å². The Morgan fingerprint density at radius 1 is 1.67 bits per heavy atom. The van der Waals surface area contributed by atoms with Gasteiger partial charge >= 0.3 is 0 Å². The highest BCUT2D eigenvalue weighted by atomic mass is 35.5. The van der Waals surface area contributed by atoms with Crippen molar-refractivity contribution in [3.8, 4) is 0 Å². The van der Waals surface area contributed by atoms with Crippen LogP contribution in [0.4, 0.5) is 0 Å². The molecule has 9 heavy (non-hydrogen) atoms. The molecule has 3 heterocycles. The monoisotopic (exact) mass is 164 g/mol. The average molecular weight is 165 g/mol. The van der Waals surface area contributed by atoms with E-state index in [0.717, 1.165) is 6.42 Å². The zero-order valence-electron chi connectivity index (χ0n) is 4.76. The van der Waals surface area contributed by atoms with Crippen LogP contribution >= 0.6 is 19.7 Å². The molecule has 1 spiro atoms. The van der Waals surface area contributed by atoms with E-state index in [0.29, 0.717) is 5.88 Å². The van der Waals surface area contributed by atoms with Crippen molar-refractivity contribution in [2.24, 2.45) is 0 Å². The first-order valence-electron chi connectivity index (χ1n) is 3.06. The van der Waals surface area contributed by atoms with Crippen LogP contribution in [0.5, 0.6) is 0 Å². The summed E-state index contributed by atoms with van der Waals surface area (Å²) in [6.07, 6.45) is 2.34. The van der Waals surface area contributed by atoms with Crippen LogP contribution in [0.1, 0.15) is 6.42 Å². The molecule has 0 saturated carbocycles. The van der Waals surface area contributed by atoms with Gasteiger partial charge < -0.3 is 9.26 Å². The molecule has 3 aliphatic rings. The van der Waals surface area contributed by atoms with Gasteiger partial charge in [0.15, 0.2) is 0 Å². The number of ether oxygens (including phenoxy) is 1. The van der Waals surface area contributed by atoms with Crippen molar-refractivity contribution in [2.75, 3.05) is 12.0 Å². The molecule has 0 aromatic rings. The van der Waals surface area contributed by atoms with E-state index in [2.05, 4.69) is 0 Å². The molecule has 3 unspecified atom stereocenters. The minimum atomic E-state index is -0.167. The van der Waals surface area contributed by atoms with E-state index in [1.165, 1.54) is 6.16 Å². The van der Waals surface area contributed by atoms with Gasteiger partial charge in [0.1, 0.15) is 5.60 Å². The Bertz CT molecular complexity index is 182. The van der Waals surface area contributed by atoms with E-state index >= 15 is 0 Å². The molecule has 0 radical (unpaired) electrons. The second kappa shape index (κ2) is 1.18. The topological polar surface area (TPSA) is 25.1 Å². The normalized spacial score (nSPS) is 67.0. The molecule has 0 aromatic heterocycles. The number of hydrogen-bond donors (Lipinski definition) is 0. The molecule has 3 aliphatic heterocycles. The van der Waals surface area contributed by atoms with Crippen molar-refractivity contribution < 1.29 is 9.26 Å². The van der Waals surface area contributed by atoms with Crippen molar-refractivity contribution in [1.82, 2.24) is 0 Å². The molecule has 0 aromatic carbocycles. The lowest BCUT2D eigenvalue weighted by molar-refractivity contribution is 0.245. The Hall–Kier alpha value is 0.640. The van der Waals surface area contributed by atoms with Crippen molar-refractivity contribution in [1.29, 1.82) is 0 Å². The Morgan fingerprint density at radius 2 is 2.56 bits per heavy atom. The van der Waals surface area contributed by atoms with Crippen LogP contribution in [-0.4, -0.2) is 23.2 Å². The summed E-state index contributed by atoms with van der Waals surface area (Å²) in [5.74, 6) is 0.617. The van der Waals surface area contributed by atoms with Gasteiger partial charge in [0, 0.05) is 6.16 Å². The SMILES string of the molecule is ClCC12CCP3OC31O2. The van der Waals surface area contributed by atoms with Gasteiger partial charge in [0.25, 0.3) is 0 Å². The molecule has 0 aliphatic carbocycles. The average Bonchev–Trinajstić information content (AvgIpc) is 2.72. The number of epoxide rings is 1. The summed E-state index contributed by atoms with van der Waals surface area (Å²) in [4.78, 5) is 0. The molecule has 4 heteroatoms. The van der Waals surface area contributed by atoms with Crippen molar-refractivity contribution in [2.45, 2.75) is 17.6 Å². The summed E-state index contributed by atoms with van der Waals surface area (Å²) in [7, 11) is -0.167. The van der Waals surface area contributed by atoms with Gasteiger partial charge in [-0.1, -0.05) is 0 Å². The largest absolute Gasteiger partial charge is 0.328 e. The Kier molecular flexibility index (Phi) is 0.699. The molecule has 2 nitrogen and oxygen atoms in total. The summed E-state index contributed by atoms with van der Waals surface area (Å²) in [6.45, 7) is 0. The van der Waals surface area contributed by atoms with E-state index in [9.17, 15) is 0 Å². The quantitative estimate of drug-likeness (QED) is 0.333. The molecule has 0 N–H and O–H groups in total. The summed E-state index contributed by atoms with van der Waals surface area (Å²) in [6, 6.07) is 0. The lowest BCUT2D eigenvalue weighted by Crippen LogP contribution is -2.15. The van der Waals surface area contributed by atoms with Crippen LogP contribution in [0.25, 0.3) is 0 Å². The van der Waals surface area contributed by atoms with E-state index in [1.54, 1.807) is 0 Å². The number of rotatable bonds is 1. The zero-order valence-corrected chi connectivity index (χ0v) is 6.41. The van der Waals surface area contributed by atoms with Gasteiger partial charge in [0.05, 0.1) is 14.0 Å². The van der Waals surface area contributed by atoms with Gasteiger partial charge in [-0.3, -0.25) is 0 Å². The first kappa shape index (κ1) is 5.31. The van der Waals surface area contributed by atoms with Crippen LogP contribution in [0.2, 0.25) is 0 Å². The van der Waals surface area contributed by atoms with Gasteiger partial charge in [-0.15, -0.1) is 11.6 Å². The highest BCUT2D eigenvalue weighted by molar-refractivity contribution is 7.61. The Morgan fingerprint density at radius 3 is 2.78 bits per heavy atom. The molecular weight excluding hydrogens is 158 g/mol. The third-order valence-corrected chi connectivity index (χ3v) is 4.95. The number of halogens is 1. The van der Waals surface area contributed by atoms with E-state index in [4.69, 9.17) is 20.9 Å². The predicted octanol–water partition coefficient (Wildman–Crippen LogP) is 1.48. The molecule has 0 amide bonds. The highest BCUT2D eigenvalue weighted by Gasteiger charge is 2.89. The minimum absolute atomic E-state index is 0.0136. The second-order valence-corrected chi connectivity index (χ2v) is 5.00. The van der Waals surface area contributed by atoms with Crippen molar-refractivity contribution >= 4 is 19.7 Å². The fourth-order valence-corrected chi connectivity index (χ4v) is 4.57. The third kappa shape index (κ3) is 0.381. The maximum absolute atomic E-state index is 5.71. The summed E-state index contributed by atoms with van der Waals surface area (Å²) < 4.78 is 10.8. The lowest BCUT2D eigenvalue weighted by atomic mass is 10.1. The van der Waals surface area contributed by atoms with Crippen molar-refractivity contribution in [3.05, 3.63) is 0 Å². The molecule has 3 saturated heterocycles. The predicted molar refractivity (Wildman–Crippen MR) is 34.8 cm³/mol. The first-order chi connectivity index (χ1) is 4.33. The fraction of sp³-hybridized carbons (Fsp3) is 1.00. The highest BCUT2D eigenvalue weighted by Crippen LogP contribution is 2.90. The summed E-state index contributed by atoms with van der Waals surface area (Å²) >= 11 is 5.71. The molecule has 3 fully saturated rings. The molecular formula is C5H6ClO2P. The molecule has 3 rings (SSSR count). The van der Waals surface area contributed by atoms with Gasteiger partial charge in [-0.2, -0.15) is 0 Å². The third-order valence-electron chi connectivity index (χ3n) is 2.33. The summed E-state index contributed by atoms with van der Waals surface area (Å²) in [5, 5.41) is 0. The van der Waals surface area contributed by atoms with Crippen LogP contribution < -0.4 is 0 Å². The standard InChI is InChI=1S/C5H6ClO2P/c6-3-4-1-2-9-5(4,7-4)8-9/h1-3H2. The maximum atomic E-state index is 5.71. The number of alkyl halides is 1. The maximum Gasteiger partial charge on any atom is 0.248 e. The molecule has 3 atom stereocenters. The Balaban J connectivity index is 1.99. The van der Waals surface area contributed by atoms with Crippen LogP contribution in [0.15, 0.2) is 0 Å². The first-order valence-corrected chi connectivity index (χ1v) is 5.04. The van der Waals surface area contributed by atoms with Crippen LogP contribution in [0, 0.1) is 0 Å². The second-order valence-electron chi connectivity index (χ2n) is 2.76. The van der Waals surface area contributed by atoms with E-state index < -0.39 is 0 Å². The van der Waals surface area contributed by atoms with Gasteiger partial charge in [-0.25, -0.2) is 0 Å². The fourth-order valence-electron chi connectivity index (χ4n) is 1.61. The van der Waals surface area contributed by atoms with Crippen LogP contribution in [-0.2, 0) is 9.26 Å². The Labute approximate surface area is 59.3 Å². The molecule has 50 valence electrons. The molecule has 0 bridgehead atoms. The summed E-state index contributed by atoms with van der Waals surface area (Å²) in [5.41, 5.74) is -0.107. The van der Waals surface area contributed by atoms with Gasteiger partial charge in [0.2, 0.25) is 5.53 Å². The van der Waals surface area contributed by atoms with E-state index in [1.807, 2.05) is 0 Å². The number of hydrogen-bond acceptors (Lipinski definition) is 2.